The number of carbonyl (C=O) groups is 2. The van der Waals surface area contributed by atoms with Gasteiger partial charge < -0.3 is 10.6 Å². The van der Waals surface area contributed by atoms with Crippen molar-refractivity contribution in [3.63, 3.8) is 0 Å². The van der Waals surface area contributed by atoms with Crippen LogP contribution in [0.25, 0.3) is 0 Å². The van der Waals surface area contributed by atoms with Crippen molar-refractivity contribution in [3.8, 4) is 0 Å². The van der Waals surface area contributed by atoms with Gasteiger partial charge in [-0.2, -0.15) is 0 Å². The number of Topliss-reactive ketones (excluding diaryl/α,β-unsaturated/α-hetero) is 1. The van der Waals surface area contributed by atoms with Crippen molar-refractivity contribution in [2.75, 3.05) is 5.32 Å². The first kappa shape index (κ1) is 18.7. The maximum Gasteiger partial charge on any atom is 0.254 e. The Balaban J connectivity index is 1.78. The van der Waals surface area contributed by atoms with Crippen molar-refractivity contribution in [2.24, 2.45) is 0 Å². The van der Waals surface area contributed by atoms with E-state index in [0.717, 1.165) is 51.5 Å². The average Bonchev–Trinajstić information content (AvgIpc) is 3.08. The predicted octanol–water partition coefficient (Wildman–Crippen LogP) is 4.97. The predicted molar refractivity (Wildman–Crippen MR) is 113 cm³/mol. The summed E-state index contributed by atoms with van der Waals surface area (Å²) in [7, 11) is 0. The lowest BCUT2D eigenvalue weighted by atomic mass is 9.77. The number of para-hydroxylation sites is 1. The molecular formula is C23H24N2O2S. The number of ketones is 1. The van der Waals surface area contributed by atoms with E-state index in [1.807, 2.05) is 45.0 Å². The highest BCUT2D eigenvalue weighted by Gasteiger charge is 2.39. The van der Waals surface area contributed by atoms with Gasteiger partial charge in [0.05, 0.1) is 5.92 Å². The number of amides is 1. The van der Waals surface area contributed by atoms with Gasteiger partial charge in [-0.3, -0.25) is 9.59 Å². The van der Waals surface area contributed by atoms with E-state index in [1.54, 1.807) is 11.3 Å². The number of dihydropyridines is 1. The fraction of sp³-hybridized carbons (Fsp3) is 0.304. The maximum absolute atomic E-state index is 13.4. The summed E-state index contributed by atoms with van der Waals surface area (Å²) in [6.45, 7) is 5.95. The van der Waals surface area contributed by atoms with Gasteiger partial charge in [0.15, 0.2) is 5.78 Å². The van der Waals surface area contributed by atoms with Gasteiger partial charge >= 0.3 is 0 Å². The van der Waals surface area contributed by atoms with Crippen molar-refractivity contribution < 1.29 is 9.59 Å². The van der Waals surface area contributed by atoms with E-state index in [2.05, 4.69) is 22.1 Å². The van der Waals surface area contributed by atoms with Gasteiger partial charge in [0.2, 0.25) is 0 Å². The first-order valence-electron chi connectivity index (χ1n) is 9.61. The number of rotatable bonds is 3. The number of benzene rings is 1. The highest BCUT2D eigenvalue weighted by Crippen LogP contribution is 2.44. The average molecular weight is 393 g/mol. The SMILES string of the molecule is CC1=C(C(=O)Nc2ccccc2C)C(c2cc(C)cs2)C2=C(CCCC2=O)N1. The van der Waals surface area contributed by atoms with Crippen molar-refractivity contribution in [2.45, 2.75) is 46.0 Å². The molecule has 4 rings (SSSR count). The largest absolute Gasteiger partial charge is 0.362 e. The Morgan fingerprint density at radius 3 is 2.68 bits per heavy atom. The zero-order valence-electron chi connectivity index (χ0n) is 16.4. The molecule has 4 nitrogen and oxygen atoms in total. The molecule has 0 spiro atoms. The number of carbonyl (C=O) groups excluding carboxylic acids is 2. The van der Waals surface area contributed by atoms with Crippen LogP contribution in [-0.4, -0.2) is 11.7 Å². The Morgan fingerprint density at radius 2 is 1.96 bits per heavy atom. The first-order chi connectivity index (χ1) is 13.5. The molecule has 0 bridgehead atoms. The highest BCUT2D eigenvalue weighted by molar-refractivity contribution is 7.10. The molecule has 1 aliphatic heterocycles. The van der Waals surface area contributed by atoms with Gasteiger partial charge in [-0.25, -0.2) is 0 Å². The normalized spacial score (nSPS) is 19.4. The summed E-state index contributed by atoms with van der Waals surface area (Å²) in [6, 6.07) is 9.84. The number of hydrogen-bond donors (Lipinski definition) is 2. The summed E-state index contributed by atoms with van der Waals surface area (Å²) in [5.41, 5.74) is 6.18. The molecule has 2 N–H and O–H groups in total. The van der Waals surface area contributed by atoms with Crippen LogP contribution < -0.4 is 10.6 Å². The topological polar surface area (TPSA) is 58.2 Å². The third-order valence-electron chi connectivity index (χ3n) is 5.45. The van der Waals surface area contributed by atoms with Crippen molar-refractivity contribution in [1.29, 1.82) is 0 Å². The van der Waals surface area contributed by atoms with Gasteiger partial charge in [-0.15, -0.1) is 11.3 Å². The van der Waals surface area contributed by atoms with Crippen molar-refractivity contribution >= 4 is 28.7 Å². The van der Waals surface area contributed by atoms with Crippen LogP contribution in [-0.2, 0) is 9.59 Å². The van der Waals surface area contributed by atoms with E-state index in [4.69, 9.17) is 0 Å². The monoisotopic (exact) mass is 392 g/mol. The summed E-state index contributed by atoms with van der Waals surface area (Å²) in [5.74, 6) is -0.300. The standard InChI is InChI=1S/C23H24N2O2S/c1-13-11-19(28-12-13)22-20(23(27)25-16-8-5-4-7-14(16)2)15(3)24-17-9-6-10-18(26)21(17)22/h4-5,7-8,11-12,22,24H,6,9-10H2,1-3H3,(H,25,27). The van der Waals surface area contributed by atoms with Crippen molar-refractivity contribution in [1.82, 2.24) is 5.32 Å². The van der Waals surface area contributed by atoms with Crippen LogP contribution in [0.5, 0.6) is 0 Å². The lowest BCUT2D eigenvalue weighted by molar-refractivity contribution is -0.116. The number of allylic oxidation sites excluding steroid dienone is 3. The van der Waals surface area contributed by atoms with Gasteiger partial charge in [-0.05, 0) is 62.3 Å². The summed E-state index contributed by atoms with van der Waals surface area (Å²) >= 11 is 1.62. The minimum Gasteiger partial charge on any atom is -0.362 e. The molecule has 1 amide bonds. The number of nitrogens with one attached hydrogen (secondary N) is 2. The molecule has 2 aromatic rings. The molecule has 0 fully saturated rings. The molecule has 0 saturated carbocycles. The second kappa shape index (κ2) is 7.40. The fourth-order valence-corrected chi connectivity index (χ4v) is 5.09. The lowest BCUT2D eigenvalue weighted by Crippen LogP contribution is -2.35. The molecule has 5 heteroatoms. The molecule has 0 radical (unpaired) electrons. The van der Waals surface area contributed by atoms with E-state index < -0.39 is 0 Å². The van der Waals surface area contributed by atoms with Gasteiger partial charge in [0.25, 0.3) is 5.91 Å². The molecule has 144 valence electrons. The minimum atomic E-state index is -0.299. The first-order valence-corrected chi connectivity index (χ1v) is 10.5. The molecule has 1 aromatic heterocycles. The molecule has 2 aliphatic rings. The number of hydrogen-bond acceptors (Lipinski definition) is 4. The molecule has 2 heterocycles. The second-order valence-corrected chi connectivity index (χ2v) is 8.50. The van der Waals surface area contributed by atoms with Gasteiger partial charge in [-0.1, -0.05) is 18.2 Å². The van der Waals surface area contributed by atoms with Gasteiger partial charge in [0.1, 0.15) is 0 Å². The van der Waals surface area contributed by atoms with Crippen LogP contribution in [0.3, 0.4) is 0 Å². The molecule has 0 saturated heterocycles. The Labute approximate surface area is 169 Å². The van der Waals surface area contributed by atoms with Crippen LogP contribution >= 0.6 is 11.3 Å². The van der Waals surface area contributed by atoms with Crippen LogP contribution in [0.2, 0.25) is 0 Å². The number of aryl methyl sites for hydroxylation is 2. The number of anilines is 1. The summed E-state index contributed by atoms with van der Waals surface area (Å²) < 4.78 is 0. The summed E-state index contributed by atoms with van der Waals surface area (Å²) in [6.07, 6.45) is 2.26. The second-order valence-electron chi connectivity index (χ2n) is 7.56. The third-order valence-corrected chi connectivity index (χ3v) is 6.56. The fourth-order valence-electron chi connectivity index (χ4n) is 4.08. The summed E-state index contributed by atoms with van der Waals surface area (Å²) in [4.78, 5) is 27.3. The van der Waals surface area contributed by atoms with E-state index in [0.29, 0.717) is 12.0 Å². The van der Waals surface area contributed by atoms with E-state index in [1.165, 1.54) is 0 Å². The maximum atomic E-state index is 13.4. The van der Waals surface area contributed by atoms with Crippen LogP contribution in [0.1, 0.15) is 48.1 Å². The zero-order chi connectivity index (χ0) is 19.8. The summed E-state index contributed by atoms with van der Waals surface area (Å²) in [5, 5.41) is 8.51. The van der Waals surface area contributed by atoms with E-state index >= 15 is 0 Å². The smallest absolute Gasteiger partial charge is 0.254 e. The zero-order valence-corrected chi connectivity index (χ0v) is 17.2. The highest BCUT2D eigenvalue weighted by atomic mass is 32.1. The Bertz CT molecular complexity index is 1030. The van der Waals surface area contributed by atoms with E-state index in [9.17, 15) is 9.59 Å². The molecular weight excluding hydrogens is 368 g/mol. The van der Waals surface area contributed by atoms with Crippen LogP contribution in [0, 0.1) is 13.8 Å². The van der Waals surface area contributed by atoms with Crippen molar-refractivity contribution in [3.05, 3.63) is 74.3 Å². The number of thiophene rings is 1. The Hall–Kier alpha value is -2.66. The molecule has 1 atom stereocenters. The minimum absolute atomic E-state index is 0.151. The van der Waals surface area contributed by atoms with Crippen LogP contribution in [0.15, 0.2) is 58.3 Å². The lowest BCUT2D eigenvalue weighted by Gasteiger charge is -2.34. The molecule has 28 heavy (non-hydrogen) atoms. The van der Waals surface area contributed by atoms with Crippen LogP contribution in [0.4, 0.5) is 5.69 Å². The quantitative estimate of drug-likeness (QED) is 0.775. The molecule has 1 unspecified atom stereocenters. The Morgan fingerprint density at radius 1 is 1.18 bits per heavy atom. The molecule has 1 aromatic carbocycles. The van der Waals surface area contributed by atoms with Gasteiger partial charge in [0, 0.05) is 39.5 Å². The molecule has 1 aliphatic carbocycles. The Kier molecular flexibility index (Phi) is 4.94. The van der Waals surface area contributed by atoms with E-state index in [-0.39, 0.29) is 17.6 Å². The third kappa shape index (κ3) is 3.31.